The number of nitrogens with zero attached hydrogens (tertiary/aromatic N) is 3. The number of benzene rings is 1. The largest absolute Gasteiger partial charge is 0.497 e. The lowest BCUT2D eigenvalue weighted by molar-refractivity contribution is 0.252. The van der Waals surface area contributed by atoms with E-state index in [0.717, 1.165) is 30.2 Å². The number of aryl methyl sites for hydroxylation is 1. The number of rotatable bonds is 3. The van der Waals surface area contributed by atoms with Crippen LogP contribution >= 0.6 is 0 Å². The summed E-state index contributed by atoms with van der Waals surface area (Å²) in [5.41, 5.74) is 2.27. The highest BCUT2D eigenvalue weighted by Crippen LogP contribution is 2.27. The van der Waals surface area contributed by atoms with E-state index in [1.807, 2.05) is 12.1 Å². The second-order valence-electron chi connectivity index (χ2n) is 6.33. The highest BCUT2D eigenvalue weighted by molar-refractivity contribution is 5.85. The molecule has 1 aliphatic heterocycles. The Hall–Kier alpha value is -1.81. The monoisotopic (exact) mass is 299 g/mol. The number of anilines is 1. The fourth-order valence-corrected chi connectivity index (χ4v) is 3.24. The third-order valence-corrected chi connectivity index (χ3v) is 4.81. The van der Waals surface area contributed by atoms with E-state index in [1.54, 1.807) is 7.11 Å². The van der Waals surface area contributed by atoms with Crippen LogP contribution in [0.1, 0.15) is 18.4 Å². The predicted molar refractivity (Wildman–Crippen MR) is 92.0 cm³/mol. The molecule has 0 aliphatic carbocycles. The van der Waals surface area contributed by atoms with E-state index in [0.29, 0.717) is 6.04 Å². The minimum atomic E-state index is 0.575. The van der Waals surface area contributed by atoms with E-state index < -0.39 is 0 Å². The summed E-state index contributed by atoms with van der Waals surface area (Å²) in [7, 11) is 6.06. The number of likely N-dealkylation sites (tertiary alicyclic amines) is 1. The maximum Gasteiger partial charge on any atom is 0.129 e. The van der Waals surface area contributed by atoms with Crippen molar-refractivity contribution in [2.24, 2.45) is 0 Å². The van der Waals surface area contributed by atoms with E-state index in [-0.39, 0.29) is 0 Å². The molecule has 1 aromatic carbocycles. The van der Waals surface area contributed by atoms with Crippen LogP contribution < -0.4 is 9.64 Å². The van der Waals surface area contributed by atoms with E-state index in [1.165, 1.54) is 23.8 Å². The lowest BCUT2D eigenvalue weighted by atomic mass is 10.0. The van der Waals surface area contributed by atoms with Crippen molar-refractivity contribution in [3.63, 3.8) is 0 Å². The number of aromatic nitrogens is 1. The molecule has 1 aliphatic rings. The Balaban J connectivity index is 1.92. The molecule has 1 aromatic heterocycles. The Kier molecular flexibility index (Phi) is 4.21. The van der Waals surface area contributed by atoms with Crippen LogP contribution in [0.2, 0.25) is 0 Å². The molecular formula is C18H25N3O. The van der Waals surface area contributed by atoms with Crippen molar-refractivity contribution >= 4 is 16.7 Å². The molecule has 1 fully saturated rings. The summed E-state index contributed by atoms with van der Waals surface area (Å²) >= 11 is 0. The van der Waals surface area contributed by atoms with Crippen LogP contribution in [0.15, 0.2) is 24.3 Å². The van der Waals surface area contributed by atoms with Crippen molar-refractivity contribution in [1.82, 2.24) is 9.88 Å². The van der Waals surface area contributed by atoms with Gasteiger partial charge in [0.05, 0.1) is 12.6 Å². The molecule has 2 heterocycles. The lowest BCUT2D eigenvalue weighted by Crippen LogP contribution is -2.42. The summed E-state index contributed by atoms with van der Waals surface area (Å²) < 4.78 is 5.33. The van der Waals surface area contributed by atoms with Crippen molar-refractivity contribution in [3.8, 4) is 5.75 Å². The van der Waals surface area contributed by atoms with Crippen molar-refractivity contribution < 1.29 is 4.74 Å². The number of ether oxygens (including phenoxy) is 1. The molecule has 118 valence electrons. The summed E-state index contributed by atoms with van der Waals surface area (Å²) in [6.45, 7) is 4.48. The highest BCUT2D eigenvalue weighted by atomic mass is 16.5. The highest BCUT2D eigenvalue weighted by Gasteiger charge is 2.22. The molecule has 4 heteroatoms. The van der Waals surface area contributed by atoms with E-state index in [2.05, 4.69) is 43.0 Å². The summed E-state index contributed by atoms with van der Waals surface area (Å²) in [6, 6.07) is 8.89. The van der Waals surface area contributed by atoms with E-state index >= 15 is 0 Å². The number of hydrogen-bond acceptors (Lipinski definition) is 4. The first-order chi connectivity index (χ1) is 10.6. The Morgan fingerprint density at radius 3 is 2.64 bits per heavy atom. The molecule has 0 bridgehead atoms. The van der Waals surface area contributed by atoms with Gasteiger partial charge < -0.3 is 14.5 Å². The van der Waals surface area contributed by atoms with Gasteiger partial charge in [0.15, 0.2) is 0 Å². The Morgan fingerprint density at radius 2 is 1.95 bits per heavy atom. The molecular weight excluding hydrogens is 274 g/mol. The second-order valence-corrected chi connectivity index (χ2v) is 6.33. The van der Waals surface area contributed by atoms with Crippen LogP contribution in [0.25, 0.3) is 10.9 Å². The molecule has 0 atom stereocenters. The molecule has 3 rings (SSSR count). The summed E-state index contributed by atoms with van der Waals surface area (Å²) in [5.74, 6) is 1.92. The van der Waals surface area contributed by atoms with Gasteiger partial charge in [-0.3, -0.25) is 0 Å². The first kappa shape index (κ1) is 15.1. The van der Waals surface area contributed by atoms with Gasteiger partial charge in [-0.25, -0.2) is 4.98 Å². The Morgan fingerprint density at radius 1 is 1.23 bits per heavy atom. The number of piperidine rings is 1. The van der Waals surface area contributed by atoms with Gasteiger partial charge in [0, 0.05) is 24.5 Å². The van der Waals surface area contributed by atoms with Gasteiger partial charge in [0.2, 0.25) is 0 Å². The molecule has 2 aromatic rings. The van der Waals surface area contributed by atoms with Gasteiger partial charge in [0.1, 0.15) is 11.6 Å². The molecule has 4 nitrogen and oxygen atoms in total. The topological polar surface area (TPSA) is 28.6 Å². The second kappa shape index (κ2) is 6.13. The number of hydrogen-bond donors (Lipinski definition) is 0. The number of pyridine rings is 1. The van der Waals surface area contributed by atoms with Crippen LogP contribution in [0.5, 0.6) is 5.75 Å². The zero-order chi connectivity index (χ0) is 15.7. The van der Waals surface area contributed by atoms with E-state index in [9.17, 15) is 0 Å². The molecule has 0 spiro atoms. The summed E-state index contributed by atoms with van der Waals surface area (Å²) in [5, 5.41) is 1.20. The van der Waals surface area contributed by atoms with Crippen molar-refractivity contribution in [1.29, 1.82) is 0 Å². The smallest absolute Gasteiger partial charge is 0.129 e. The molecule has 0 N–H and O–H groups in total. The summed E-state index contributed by atoms with van der Waals surface area (Å²) in [6.07, 6.45) is 2.40. The first-order valence-electron chi connectivity index (χ1n) is 7.95. The van der Waals surface area contributed by atoms with Gasteiger partial charge in [-0.2, -0.15) is 0 Å². The van der Waals surface area contributed by atoms with Gasteiger partial charge in [0.25, 0.3) is 0 Å². The fourth-order valence-electron chi connectivity index (χ4n) is 3.24. The third-order valence-electron chi connectivity index (χ3n) is 4.81. The standard InChI is InChI=1S/C18H25N3O/c1-13-11-18(21(3)14-7-9-20(2)10-8-14)19-17-12-15(22-4)5-6-16(13)17/h5-6,11-12,14H,7-10H2,1-4H3. The first-order valence-corrected chi connectivity index (χ1v) is 7.95. The van der Waals surface area contributed by atoms with Crippen molar-refractivity contribution in [2.45, 2.75) is 25.8 Å². The zero-order valence-electron chi connectivity index (χ0n) is 14.0. The van der Waals surface area contributed by atoms with Crippen LogP contribution in [-0.2, 0) is 0 Å². The quantitative estimate of drug-likeness (QED) is 0.871. The van der Waals surface area contributed by atoms with Crippen LogP contribution in [0.3, 0.4) is 0 Å². The van der Waals surface area contributed by atoms with Crippen LogP contribution in [0, 0.1) is 6.92 Å². The molecule has 0 unspecified atom stereocenters. The van der Waals surface area contributed by atoms with Gasteiger partial charge in [-0.15, -0.1) is 0 Å². The molecule has 1 saturated heterocycles. The van der Waals surface area contributed by atoms with Gasteiger partial charge >= 0.3 is 0 Å². The van der Waals surface area contributed by atoms with E-state index in [4.69, 9.17) is 9.72 Å². The fraction of sp³-hybridized carbons (Fsp3) is 0.500. The van der Waals surface area contributed by atoms with Crippen LogP contribution in [-0.4, -0.2) is 50.2 Å². The third kappa shape index (κ3) is 2.88. The van der Waals surface area contributed by atoms with Gasteiger partial charge in [-0.1, -0.05) is 0 Å². The maximum atomic E-state index is 5.33. The average Bonchev–Trinajstić information content (AvgIpc) is 2.54. The van der Waals surface area contributed by atoms with Crippen molar-refractivity contribution in [2.75, 3.05) is 39.2 Å². The minimum absolute atomic E-state index is 0.575. The Labute approximate surface area is 132 Å². The zero-order valence-corrected chi connectivity index (χ0v) is 14.0. The van der Waals surface area contributed by atoms with Crippen LogP contribution in [0.4, 0.5) is 5.82 Å². The molecule has 0 amide bonds. The average molecular weight is 299 g/mol. The minimum Gasteiger partial charge on any atom is -0.497 e. The van der Waals surface area contributed by atoms with Crippen molar-refractivity contribution in [3.05, 3.63) is 29.8 Å². The number of methoxy groups -OCH3 is 1. The SMILES string of the molecule is COc1ccc2c(C)cc(N(C)C3CCN(C)CC3)nc2c1. The van der Waals surface area contributed by atoms with Gasteiger partial charge in [-0.05, 0) is 63.7 Å². The number of fused-ring (bicyclic) bond motifs is 1. The molecule has 0 saturated carbocycles. The molecule has 0 radical (unpaired) electrons. The predicted octanol–water partition coefficient (Wildman–Crippen LogP) is 3.08. The normalized spacial score (nSPS) is 16.9. The maximum absolute atomic E-state index is 5.33. The molecule has 22 heavy (non-hydrogen) atoms. The summed E-state index contributed by atoms with van der Waals surface area (Å²) in [4.78, 5) is 9.61. The Bertz CT molecular complexity index is 663. The lowest BCUT2D eigenvalue weighted by Gasteiger charge is -2.36.